The van der Waals surface area contributed by atoms with E-state index in [0.717, 1.165) is 5.56 Å². The summed E-state index contributed by atoms with van der Waals surface area (Å²) in [6.07, 6.45) is 0.586. The summed E-state index contributed by atoms with van der Waals surface area (Å²) in [7, 11) is 0. The van der Waals surface area contributed by atoms with Crippen LogP contribution in [0.1, 0.15) is 18.9 Å². The summed E-state index contributed by atoms with van der Waals surface area (Å²) in [5, 5.41) is 8.46. The Morgan fingerprint density at radius 2 is 2.31 bits per heavy atom. The van der Waals surface area contributed by atoms with Crippen LogP contribution in [0.2, 0.25) is 0 Å². The van der Waals surface area contributed by atoms with E-state index in [9.17, 15) is 9.18 Å². The molecule has 0 saturated heterocycles. The van der Waals surface area contributed by atoms with Gasteiger partial charge < -0.3 is 5.11 Å². The summed E-state index contributed by atoms with van der Waals surface area (Å²) >= 11 is 4.45. The van der Waals surface area contributed by atoms with Gasteiger partial charge in [0.05, 0.1) is 4.47 Å². The third-order valence-electron chi connectivity index (χ3n) is 2.08. The zero-order valence-electron chi connectivity index (χ0n) is 8.74. The molecule has 0 radical (unpaired) electrons. The Morgan fingerprint density at radius 3 is 2.81 bits per heavy atom. The molecule has 16 heavy (non-hydrogen) atoms. The summed E-state index contributed by atoms with van der Waals surface area (Å²) in [4.78, 5) is 10.8. The maximum Gasteiger partial charge on any atom is 0.316 e. The van der Waals surface area contributed by atoms with Crippen molar-refractivity contribution in [1.82, 2.24) is 0 Å². The lowest BCUT2D eigenvalue weighted by atomic mass is 10.2. The molecule has 5 heteroatoms. The average Bonchev–Trinajstić information content (AvgIpc) is 2.23. The van der Waals surface area contributed by atoms with Crippen LogP contribution in [0.25, 0.3) is 0 Å². The average molecular weight is 307 g/mol. The topological polar surface area (TPSA) is 37.3 Å². The van der Waals surface area contributed by atoms with Crippen molar-refractivity contribution in [2.24, 2.45) is 0 Å². The van der Waals surface area contributed by atoms with Crippen molar-refractivity contribution in [2.75, 3.05) is 0 Å². The number of thioether (sulfide) groups is 1. The zero-order valence-corrected chi connectivity index (χ0v) is 11.1. The van der Waals surface area contributed by atoms with Crippen molar-refractivity contribution in [2.45, 2.75) is 24.3 Å². The normalized spacial score (nSPS) is 12.4. The minimum atomic E-state index is -0.798. The van der Waals surface area contributed by atoms with Crippen molar-refractivity contribution in [3.63, 3.8) is 0 Å². The molecule has 1 rings (SSSR count). The molecular weight excluding hydrogens is 295 g/mol. The first kappa shape index (κ1) is 13.5. The predicted molar refractivity (Wildman–Crippen MR) is 67.1 cm³/mol. The van der Waals surface area contributed by atoms with Crippen molar-refractivity contribution in [3.05, 3.63) is 34.1 Å². The van der Waals surface area contributed by atoms with Gasteiger partial charge >= 0.3 is 5.97 Å². The highest BCUT2D eigenvalue weighted by molar-refractivity contribution is 9.10. The van der Waals surface area contributed by atoms with Crippen LogP contribution in [-0.2, 0) is 10.5 Å². The number of carboxylic acids is 1. The number of carboxylic acid groups (broad SMARTS) is 1. The van der Waals surface area contributed by atoms with Gasteiger partial charge in [0.15, 0.2) is 0 Å². The van der Waals surface area contributed by atoms with E-state index in [0.29, 0.717) is 16.6 Å². The van der Waals surface area contributed by atoms with Crippen LogP contribution in [0.3, 0.4) is 0 Å². The maximum atomic E-state index is 12.9. The standard InChI is InChI=1S/C11H12BrFO2S/c1-2-10(11(14)15)16-6-7-3-4-9(13)8(12)5-7/h3-5,10H,2,6H2,1H3,(H,14,15). The van der Waals surface area contributed by atoms with E-state index in [2.05, 4.69) is 15.9 Å². The van der Waals surface area contributed by atoms with Crippen molar-refractivity contribution >= 4 is 33.7 Å². The van der Waals surface area contributed by atoms with E-state index in [4.69, 9.17) is 5.11 Å². The number of aliphatic carboxylic acids is 1. The third-order valence-corrected chi connectivity index (χ3v) is 4.13. The summed E-state index contributed by atoms with van der Waals surface area (Å²) in [6, 6.07) is 4.72. The lowest BCUT2D eigenvalue weighted by Crippen LogP contribution is -2.15. The molecule has 0 spiro atoms. The number of benzene rings is 1. The van der Waals surface area contributed by atoms with E-state index in [1.54, 1.807) is 12.1 Å². The molecule has 1 atom stereocenters. The molecule has 1 unspecified atom stereocenters. The molecule has 1 aromatic rings. The van der Waals surface area contributed by atoms with Gasteiger partial charge in [0, 0.05) is 5.75 Å². The van der Waals surface area contributed by atoms with Crippen molar-refractivity contribution in [3.8, 4) is 0 Å². The highest BCUT2D eigenvalue weighted by Crippen LogP contribution is 2.23. The van der Waals surface area contributed by atoms with Crippen LogP contribution < -0.4 is 0 Å². The Labute approximate surface area is 106 Å². The minimum Gasteiger partial charge on any atom is -0.480 e. The summed E-state index contributed by atoms with van der Waals surface area (Å²) in [5.74, 6) is -0.531. The number of halogens is 2. The monoisotopic (exact) mass is 306 g/mol. The second kappa shape index (κ2) is 6.25. The summed E-state index contributed by atoms with van der Waals surface area (Å²) < 4.78 is 13.4. The van der Waals surface area contributed by atoms with Gasteiger partial charge in [0.25, 0.3) is 0 Å². The highest BCUT2D eigenvalue weighted by atomic mass is 79.9. The number of hydrogen-bond donors (Lipinski definition) is 1. The lowest BCUT2D eigenvalue weighted by molar-refractivity contribution is -0.136. The molecule has 0 heterocycles. The van der Waals surface area contributed by atoms with Crippen LogP contribution in [0.5, 0.6) is 0 Å². The van der Waals surface area contributed by atoms with E-state index >= 15 is 0 Å². The molecule has 0 aliphatic heterocycles. The number of hydrogen-bond acceptors (Lipinski definition) is 2. The fourth-order valence-corrected chi connectivity index (χ4v) is 2.57. The molecule has 0 aliphatic rings. The zero-order chi connectivity index (χ0) is 12.1. The second-order valence-electron chi connectivity index (χ2n) is 3.29. The van der Waals surface area contributed by atoms with Gasteiger partial charge in [0.1, 0.15) is 11.1 Å². The van der Waals surface area contributed by atoms with Gasteiger partial charge in [-0.05, 0) is 40.0 Å². The second-order valence-corrected chi connectivity index (χ2v) is 5.34. The molecule has 88 valence electrons. The van der Waals surface area contributed by atoms with Crippen LogP contribution in [-0.4, -0.2) is 16.3 Å². The quantitative estimate of drug-likeness (QED) is 0.901. The molecule has 2 nitrogen and oxygen atoms in total. The Balaban J connectivity index is 2.60. The SMILES string of the molecule is CCC(SCc1ccc(F)c(Br)c1)C(=O)O. The third kappa shape index (κ3) is 3.79. The first-order chi connectivity index (χ1) is 7.54. The fourth-order valence-electron chi connectivity index (χ4n) is 1.19. The first-order valence-electron chi connectivity index (χ1n) is 4.83. The Kier molecular flexibility index (Phi) is 5.28. The summed E-state index contributed by atoms with van der Waals surface area (Å²) in [6.45, 7) is 1.84. The van der Waals surface area contributed by atoms with Gasteiger partial charge in [0.2, 0.25) is 0 Å². The van der Waals surface area contributed by atoms with Crippen molar-refractivity contribution < 1.29 is 14.3 Å². The van der Waals surface area contributed by atoms with Gasteiger partial charge in [-0.3, -0.25) is 4.79 Å². The smallest absolute Gasteiger partial charge is 0.316 e. The van der Waals surface area contributed by atoms with Crippen LogP contribution in [0, 0.1) is 5.82 Å². The highest BCUT2D eigenvalue weighted by Gasteiger charge is 2.15. The largest absolute Gasteiger partial charge is 0.480 e. The molecule has 0 aliphatic carbocycles. The number of carbonyl (C=O) groups is 1. The Bertz CT molecular complexity index is 384. The fraction of sp³-hybridized carbons (Fsp3) is 0.364. The minimum absolute atomic E-state index is 0.306. The van der Waals surface area contributed by atoms with Crippen LogP contribution >= 0.6 is 27.7 Å². The van der Waals surface area contributed by atoms with E-state index in [1.807, 2.05) is 6.92 Å². The molecule has 0 bridgehead atoms. The maximum absolute atomic E-state index is 12.9. The van der Waals surface area contributed by atoms with Crippen LogP contribution in [0.15, 0.2) is 22.7 Å². The Morgan fingerprint density at radius 1 is 1.62 bits per heavy atom. The molecule has 0 fully saturated rings. The van der Waals surface area contributed by atoms with Gasteiger partial charge in [-0.25, -0.2) is 4.39 Å². The molecule has 0 aromatic heterocycles. The van der Waals surface area contributed by atoms with Crippen LogP contribution in [0.4, 0.5) is 4.39 Å². The molecule has 1 N–H and O–H groups in total. The van der Waals surface area contributed by atoms with E-state index < -0.39 is 11.2 Å². The van der Waals surface area contributed by atoms with Gasteiger partial charge in [-0.1, -0.05) is 13.0 Å². The van der Waals surface area contributed by atoms with Gasteiger partial charge in [-0.2, -0.15) is 0 Å². The lowest BCUT2D eigenvalue weighted by Gasteiger charge is -2.09. The molecule has 1 aromatic carbocycles. The molecule has 0 saturated carbocycles. The molecule has 0 amide bonds. The predicted octanol–water partition coefficient (Wildman–Crippen LogP) is 3.68. The van der Waals surface area contributed by atoms with Crippen molar-refractivity contribution in [1.29, 1.82) is 0 Å². The van der Waals surface area contributed by atoms with E-state index in [-0.39, 0.29) is 5.82 Å². The molecular formula is C11H12BrFO2S. The Hall–Kier alpha value is -0.550. The van der Waals surface area contributed by atoms with E-state index in [1.165, 1.54) is 17.8 Å². The number of rotatable bonds is 5. The van der Waals surface area contributed by atoms with Gasteiger partial charge in [-0.15, -0.1) is 11.8 Å². The first-order valence-corrected chi connectivity index (χ1v) is 6.67. The summed E-state index contributed by atoms with van der Waals surface area (Å²) in [5.41, 5.74) is 0.915.